The Hall–Kier alpha value is -1.59. The van der Waals surface area contributed by atoms with Crippen LogP contribution in [0.5, 0.6) is 0 Å². The zero-order chi connectivity index (χ0) is 21.3. The summed E-state index contributed by atoms with van der Waals surface area (Å²) < 4.78 is 10.7. The first-order chi connectivity index (χ1) is 12.9. The molecule has 5 unspecified atom stereocenters. The van der Waals surface area contributed by atoms with Crippen molar-refractivity contribution >= 4 is 17.9 Å². The molecule has 0 aromatic rings. The number of carbonyl (C=O) groups is 3. The number of carbonyl (C=O) groups excluding carboxylic acids is 2. The van der Waals surface area contributed by atoms with E-state index < -0.39 is 29.2 Å². The van der Waals surface area contributed by atoms with Crippen molar-refractivity contribution in [3.63, 3.8) is 0 Å². The van der Waals surface area contributed by atoms with E-state index in [2.05, 4.69) is 20.8 Å². The summed E-state index contributed by atoms with van der Waals surface area (Å²) in [6.07, 6.45) is 3.26. The fraction of sp³-hybridized carbons (Fsp3) is 0.864. The van der Waals surface area contributed by atoms with Crippen LogP contribution in [0.1, 0.15) is 67.2 Å². The number of ether oxygens (including phenoxy) is 2. The quantitative estimate of drug-likeness (QED) is 0.494. The van der Waals surface area contributed by atoms with Crippen molar-refractivity contribution in [2.24, 2.45) is 40.4 Å². The number of rotatable bonds is 8. The van der Waals surface area contributed by atoms with Crippen LogP contribution >= 0.6 is 0 Å². The summed E-state index contributed by atoms with van der Waals surface area (Å²) in [7, 11) is 0. The summed E-state index contributed by atoms with van der Waals surface area (Å²) in [4.78, 5) is 36.7. The van der Waals surface area contributed by atoms with Crippen LogP contribution in [0.25, 0.3) is 0 Å². The summed E-state index contributed by atoms with van der Waals surface area (Å²) in [5.41, 5.74) is -0.626. The van der Waals surface area contributed by atoms with E-state index in [1.54, 1.807) is 0 Å². The van der Waals surface area contributed by atoms with Gasteiger partial charge in [0.25, 0.3) is 0 Å². The average molecular weight is 397 g/mol. The molecule has 0 aromatic carbocycles. The third-order valence-corrected chi connectivity index (χ3v) is 6.67. The lowest BCUT2D eigenvalue weighted by atomic mass is 9.69. The molecular formula is C22H36O6. The van der Waals surface area contributed by atoms with Crippen molar-refractivity contribution in [2.45, 2.75) is 67.2 Å². The molecule has 2 aliphatic carbocycles. The van der Waals surface area contributed by atoms with Crippen LogP contribution in [0.2, 0.25) is 0 Å². The van der Waals surface area contributed by atoms with E-state index in [4.69, 9.17) is 9.47 Å². The standard InChI is InChI=1S/C22H36O6/c1-13(2)22(6,12-21(3,4)5)20(26)28-10-9-27-19(25)17-15-8-7-14(11-15)16(17)18(23)24/h13-17H,7-12H2,1-6H3,(H,23,24). The van der Waals surface area contributed by atoms with Gasteiger partial charge in [0.05, 0.1) is 17.3 Å². The lowest BCUT2D eigenvalue weighted by Crippen LogP contribution is -2.39. The maximum absolute atomic E-state index is 12.7. The summed E-state index contributed by atoms with van der Waals surface area (Å²) in [6.45, 7) is 12.2. The Morgan fingerprint density at radius 1 is 0.964 bits per heavy atom. The summed E-state index contributed by atoms with van der Waals surface area (Å²) >= 11 is 0. The van der Waals surface area contributed by atoms with Gasteiger partial charge in [0.15, 0.2) is 0 Å². The molecule has 2 saturated carbocycles. The maximum atomic E-state index is 12.7. The first-order valence-corrected chi connectivity index (χ1v) is 10.4. The van der Waals surface area contributed by atoms with E-state index in [0.717, 1.165) is 19.3 Å². The Balaban J connectivity index is 1.85. The van der Waals surface area contributed by atoms with Crippen molar-refractivity contribution in [1.82, 2.24) is 0 Å². The largest absolute Gasteiger partial charge is 0.481 e. The van der Waals surface area contributed by atoms with Gasteiger partial charge in [-0.2, -0.15) is 0 Å². The third-order valence-electron chi connectivity index (χ3n) is 6.67. The second-order valence-electron chi connectivity index (χ2n) is 10.3. The SMILES string of the molecule is CC(C)C(C)(CC(C)(C)C)C(=O)OCCOC(=O)C1C2CCC(C2)C1C(=O)O. The van der Waals surface area contributed by atoms with Gasteiger partial charge < -0.3 is 14.6 Å². The molecule has 0 amide bonds. The highest BCUT2D eigenvalue weighted by Gasteiger charge is 2.54. The van der Waals surface area contributed by atoms with E-state index >= 15 is 0 Å². The third kappa shape index (κ3) is 4.87. The molecule has 28 heavy (non-hydrogen) atoms. The lowest BCUT2D eigenvalue weighted by Gasteiger charge is -2.36. The number of hydrogen-bond acceptors (Lipinski definition) is 5. The van der Waals surface area contributed by atoms with Gasteiger partial charge >= 0.3 is 17.9 Å². The number of aliphatic carboxylic acids is 1. The van der Waals surface area contributed by atoms with Gasteiger partial charge in [-0.3, -0.25) is 14.4 Å². The molecule has 2 rings (SSSR count). The molecule has 2 fully saturated rings. The van der Waals surface area contributed by atoms with Crippen molar-refractivity contribution in [3.8, 4) is 0 Å². The second-order valence-corrected chi connectivity index (χ2v) is 10.3. The highest BCUT2D eigenvalue weighted by atomic mass is 16.6. The van der Waals surface area contributed by atoms with Crippen LogP contribution in [0.4, 0.5) is 0 Å². The van der Waals surface area contributed by atoms with E-state index in [-0.39, 0.29) is 42.4 Å². The molecule has 2 aliphatic rings. The molecule has 0 radical (unpaired) electrons. The molecule has 160 valence electrons. The van der Waals surface area contributed by atoms with Gasteiger partial charge in [0, 0.05) is 0 Å². The van der Waals surface area contributed by atoms with E-state index in [0.29, 0.717) is 6.42 Å². The smallest absolute Gasteiger partial charge is 0.312 e. The Bertz CT molecular complexity index is 605. The van der Waals surface area contributed by atoms with Gasteiger partial charge in [0.2, 0.25) is 0 Å². The van der Waals surface area contributed by atoms with Crippen LogP contribution in [-0.4, -0.2) is 36.2 Å². The molecule has 1 N–H and O–H groups in total. The van der Waals surface area contributed by atoms with Crippen LogP contribution in [-0.2, 0) is 23.9 Å². The normalized spacial score (nSPS) is 28.8. The number of carboxylic acids is 1. The minimum absolute atomic E-state index is 0.00439. The number of fused-ring (bicyclic) bond motifs is 2. The van der Waals surface area contributed by atoms with Gasteiger partial charge in [-0.15, -0.1) is 0 Å². The van der Waals surface area contributed by atoms with Crippen molar-refractivity contribution < 1.29 is 29.0 Å². The fourth-order valence-corrected chi connectivity index (χ4v) is 5.14. The number of carboxylic acid groups (broad SMARTS) is 1. The summed E-state index contributed by atoms with van der Waals surface area (Å²) in [5, 5.41) is 9.46. The predicted octanol–water partition coefficient (Wildman–Crippen LogP) is 3.92. The van der Waals surface area contributed by atoms with E-state index in [9.17, 15) is 19.5 Å². The van der Waals surface area contributed by atoms with Crippen LogP contribution < -0.4 is 0 Å². The van der Waals surface area contributed by atoms with E-state index in [1.165, 1.54) is 0 Å². The zero-order valence-electron chi connectivity index (χ0n) is 18.1. The first-order valence-electron chi connectivity index (χ1n) is 10.4. The minimum Gasteiger partial charge on any atom is -0.481 e. The second kappa shape index (κ2) is 8.42. The zero-order valence-corrected chi connectivity index (χ0v) is 18.1. The molecule has 2 bridgehead atoms. The summed E-state index contributed by atoms with van der Waals surface area (Å²) in [6, 6.07) is 0. The Morgan fingerprint density at radius 2 is 1.50 bits per heavy atom. The Labute approximate surface area is 168 Å². The molecule has 0 heterocycles. The first kappa shape index (κ1) is 22.7. The lowest BCUT2D eigenvalue weighted by molar-refractivity contribution is -0.167. The highest BCUT2D eigenvalue weighted by molar-refractivity contribution is 5.82. The van der Waals surface area contributed by atoms with Crippen LogP contribution in [0.15, 0.2) is 0 Å². The Kier molecular flexibility index (Phi) is 6.82. The summed E-state index contributed by atoms with van der Waals surface area (Å²) in [5.74, 6) is -2.53. The van der Waals surface area contributed by atoms with Gasteiger partial charge in [-0.05, 0) is 55.8 Å². The van der Waals surface area contributed by atoms with Crippen LogP contribution in [0, 0.1) is 40.4 Å². The molecule has 0 aliphatic heterocycles. The molecule has 6 nitrogen and oxygen atoms in total. The minimum atomic E-state index is -0.907. The number of hydrogen-bond donors (Lipinski definition) is 1. The molecule has 0 saturated heterocycles. The van der Waals surface area contributed by atoms with E-state index in [1.807, 2.05) is 20.8 Å². The molecule has 5 atom stereocenters. The number of esters is 2. The van der Waals surface area contributed by atoms with Crippen LogP contribution in [0.3, 0.4) is 0 Å². The topological polar surface area (TPSA) is 89.9 Å². The molecular weight excluding hydrogens is 360 g/mol. The predicted molar refractivity (Wildman–Crippen MR) is 104 cm³/mol. The van der Waals surface area contributed by atoms with Crippen molar-refractivity contribution in [1.29, 1.82) is 0 Å². The highest BCUT2D eigenvalue weighted by Crippen LogP contribution is 2.52. The van der Waals surface area contributed by atoms with Gasteiger partial charge in [0.1, 0.15) is 13.2 Å². The monoisotopic (exact) mass is 396 g/mol. The van der Waals surface area contributed by atoms with Gasteiger partial charge in [-0.25, -0.2) is 0 Å². The Morgan fingerprint density at radius 3 is 2.00 bits per heavy atom. The van der Waals surface area contributed by atoms with Gasteiger partial charge in [-0.1, -0.05) is 34.6 Å². The molecule has 6 heteroatoms. The maximum Gasteiger partial charge on any atom is 0.312 e. The molecule has 0 aromatic heterocycles. The fourth-order valence-electron chi connectivity index (χ4n) is 5.14. The average Bonchev–Trinajstić information content (AvgIpc) is 3.17. The van der Waals surface area contributed by atoms with Crippen molar-refractivity contribution in [2.75, 3.05) is 13.2 Å². The van der Waals surface area contributed by atoms with Crippen molar-refractivity contribution in [3.05, 3.63) is 0 Å². The molecule has 0 spiro atoms.